The molecule has 0 saturated carbocycles. The molecule has 1 aromatic heterocycles. The van der Waals surface area contributed by atoms with Crippen molar-refractivity contribution in [2.45, 2.75) is 12.6 Å². The monoisotopic (exact) mass is 655 g/mol. The van der Waals surface area contributed by atoms with Crippen LogP contribution in [-0.4, -0.2) is 4.90 Å². The van der Waals surface area contributed by atoms with Crippen molar-refractivity contribution in [2.75, 3.05) is 5.32 Å². The van der Waals surface area contributed by atoms with E-state index in [0.717, 1.165) is 62.2 Å². The summed E-state index contributed by atoms with van der Waals surface area (Å²) in [7, 11) is 0. The van der Waals surface area contributed by atoms with Crippen molar-refractivity contribution in [3.8, 4) is 28.3 Å². The first kappa shape index (κ1) is 30.2. The Kier molecular flexibility index (Phi) is 7.64. The zero-order chi connectivity index (χ0) is 34.1. The largest absolute Gasteiger partial charge is 0.454 e. The fourth-order valence-corrected chi connectivity index (χ4v) is 7.21. The van der Waals surface area contributed by atoms with E-state index < -0.39 is 0 Å². The van der Waals surface area contributed by atoms with Crippen LogP contribution in [0.15, 0.2) is 180 Å². The Morgan fingerprint density at radius 1 is 0.608 bits per heavy atom. The molecule has 0 amide bonds. The van der Waals surface area contributed by atoms with E-state index in [2.05, 4.69) is 156 Å². The molecule has 1 N–H and O–H groups in total. The first-order valence-corrected chi connectivity index (χ1v) is 17.2. The molecule has 0 spiro atoms. The van der Waals surface area contributed by atoms with Crippen molar-refractivity contribution in [2.24, 2.45) is 0 Å². The lowest BCUT2D eigenvalue weighted by atomic mass is 9.91. The lowest BCUT2D eigenvalue weighted by Crippen LogP contribution is -2.33. The third kappa shape index (κ3) is 5.71. The molecule has 0 saturated heterocycles. The molecule has 4 heteroatoms. The molecule has 242 valence electrons. The summed E-state index contributed by atoms with van der Waals surface area (Å²) in [5.41, 5.74) is 13.5. The number of fused-ring (bicyclic) bond motifs is 3. The molecule has 7 aromatic carbocycles. The van der Waals surface area contributed by atoms with Gasteiger partial charge in [-0.05, 0) is 81.9 Å². The number of furan rings is 1. The zero-order valence-corrected chi connectivity index (χ0v) is 27.8. The van der Waals surface area contributed by atoms with Crippen LogP contribution < -0.4 is 5.32 Å². The number of nitrogens with zero attached hydrogens (tertiary/aromatic N) is 2. The number of benzene rings is 7. The molecule has 1 aliphatic rings. The number of anilines is 2. The van der Waals surface area contributed by atoms with E-state index in [9.17, 15) is 5.26 Å². The van der Waals surface area contributed by atoms with Crippen LogP contribution in [0.2, 0.25) is 0 Å². The summed E-state index contributed by atoms with van der Waals surface area (Å²) < 4.78 is 6.56. The number of hydrogen-bond acceptors (Lipinski definition) is 4. The smallest absolute Gasteiger partial charge is 0.159 e. The van der Waals surface area contributed by atoms with Gasteiger partial charge >= 0.3 is 0 Å². The van der Waals surface area contributed by atoms with Gasteiger partial charge in [-0.25, -0.2) is 0 Å². The third-order valence-electron chi connectivity index (χ3n) is 9.79. The maximum atomic E-state index is 9.54. The summed E-state index contributed by atoms with van der Waals surface area (Å²) in [4.78, 5) is 2.42. The van der Waals surface area contributed by atoms with Crippen LogP contribution in [0.1, 0.15) is 28.3 Å². The second-order valence-electron chi connectivity index (χ2n) is 13.0. The lowest BCUT2D eigenvalue weighted by Gasteiger charge is -2.42. The van der Waals surface area contributed by atoms with Gasteiger partial charge in [0.1, 0.15) is 5.58 Å². The summed E-state index contributed by atoms with van der Waals surface area (Å²) in [6.07, 6.45) is 2.30. The predicted molar refractivity (Wildman–Crippen MR) is 208 cm³/mol. The number of para-hydroxylation sites is 1. The first-order valence-electron chi connectivity index (χ1n) is 17.2. The molecular formula is C47H33N3O. The highest BCUT2D eigenvalue weighted by Gasteiger charge is 2.31. The predicted octanol–water partition coefficient (Wildman–Crippen LogP) is 12.1. The summed E-state index contributed by atoms with van der Waals surface area (Å²) in [5.74, 6) is 0. The van der Waals surface area contributed by atoms with Gasteiger partial charge in [0.2, 0.25) is 0 Å². The molecule has 1 aliphatic heterocycles. The molecular weight excluding hydrogens is 623 g/mol. The van der Waals surface area contributed by atoms with Crippen LogP contribution in [-0.2, 0) is 6.54 Å². The molecule has 1 unspecified atom stereocenters. The van der Waals surface area contributed by atoms with Gasteiger partial charge in [0.15, 0.2) is 5.58 Å². The topological polar surface area (TPSA) is 52.2 Å². The van der Waals surface area contributed by atoms with E-state index in [1.165, 1.54) is 22.3 Å². The third-order valence-corrected chi connectivity index (χ3v) is 9.79. The van der Waals surface area contributed by atoms with Gasteiger partial charge in [0.25, 0.3) is 0 Å². The average molecular weight is 656 g/mol. The Morgan fingerprint density at radius 2 is 1.31 bits per heavy atom. The van der Waals surface area contributed by atoms with Crippen LogP contribution in [0.4, 0.5) is 11.4 Å². The minimum absolute atomic E-state index is 0.157. The van der Waals surface area contributed by atoms with E-state index >= 15 is 0 Å². The van der Waals surface area contributed by atoms with E-state index in [4.69, 9.17) is 4.42 Å². The Balaban J connectivity index is 1.06. The molecule has 9 rings (SSSR count). The molecule has 0 fully saturated rings. The Labute approximate surface area is 297 Å². The van der Waals surface area contributed by atoms with Gasteiger partial charge in [0.05, 0.1) is 23.4 Å². The summed E-state index contributed by atoms with van der Waals surface area (Å²) in [6, 6.07) is 61.4. The maximum absolute atomic E-state index is 9.54. The fourth-order valence-electron chi connectivity index (χ4n) is 7.21. The highest BCUT2D eigenvalue weighted by Crippen LogP contribution is 2.44. The van der Waals surface area contributed by atoms with Crippen LogP contribution in [0.3, 0.4) is 0 Å². The van der Waals surface area contributed by atoms with Gasteiger partial charge in [-0.1, -0.05) is 127 Å². The molecule has 0 aliphatic carbocycles. The molecule has 51 heavy (non-hydrogen) atoms. The second kappa shape index (κ2) is 12.9. The van der Waals surface area contributed by atoms with Gasteiger partial charge in [-0.3, -0.25) is 0 Å². The average Bonchev–Trinajstić information content (AvgIpc) is 3.57. The minimum atomic E-state index is 0.157. The van der Waals surface area contributed by atoms with Crippen LogP contribution in [0.5, 0.6) is 0 Å². The zero-order valence-electron chi connectivity index (χ0n) is 27.8. The highest BCUT2D eigenvalue weighted by atomic mass is 16.3. The summed E-state index contributed by atoms with van der Waals surface area (Å²) in [6.45, 7) is 0.735. The Morgan fingerprint density at radius 3 is 2.14 bits per heavy atom. The van der Waals surface area contributed by atoms with Crippen molar-refractivity contribution in [3.05, 3.63) is 198 Å². The Bertz CT molecular complexity index is 2600. The van der Waals surface area contributed by atoms with Crippen molar-refractivity contribution in [1.29, 1.82) is 5.26 Å². The van der Waals surface area contributed by atoms with Gasteiger partial charge in [-0.2, -0.15) is 5.26 Å². The maximum Gasteiger partial charge on any atom is 0.159 e. The second-order valence-corrected chi connectivity index (χ2v) is 13.0. The van der Waals surface area contributed by atoms with E-state index in [1.54, 1.807) is 0 Å². The number of rotatable bonds is 8. The SMILES string of the molecule is N#Cc1cccc(C2=CC(c3ccccc3)N2Cc2ccc(Nc3c(-c4cccc(-c5ccccc5)c4)ccc4c3oc3ccccc34)cc2)c1. The van der Waals surface area contributed by atoms with Crippen molar-refractivity contribution in [3.63, 3.8) is 0 Å². The summed E-state index contributed by atoms with van der Waals surface area (Å²) >= 11 is 0. The highest BCUT2D eigenvalue weighted by molar-refractivity contribution is 6.12. The van der Waals surface area contributed by atoms with Crippen molar-refractivity contribution < 1.29 is 4.42 Å². The molecule has 0 bridgehead atoms. The summed E-state index contributed by atoms with van der Waals surface area (Å²) in [5, 5.41) is 15.5. The van der Waals surface area contributed by atoms with E-state index in [-0.39, 0.29) is 6.04 Å². The van der Waals surface area contributed by atoms with Gasteiger partial charge in [0, 0.05) is 34.3 Å². The van der Waals surface area contributed by atoms with Crippen LogP contribution in [0, 0.1) is 11.3 Å². The molecule has 2 heterocycles. The number of hydrogen-bond donors (Lipinski definition) is 1. The van der Waals surface area contributed by atoms with Gasteiger partial charge < -0.3 is 14.6 Å². The van der Waals surface area contributed by atoms with E-state index in [1.807, 2.05) is 36.4 Å². The normalized spacial score (nSPS) is 13.8. The molecule has 8 aromatic rings. The Hall–Kier alpha value is -6.83. The van der Waals surface area contributed by atoms with Crippen LogP contribution >= 0.6 is 0 Å². The van der Waals surface area contributed by atoms with Crippen molar-refractivity contribution >= 4 is 39.0 Å². The number of nitriles is 1. The lowest BCUT2D eigenvalue weighted by molar-refractivity contribution is 0.298. The fraction of sp³-hybridized carbons (Fsp3) is 0.0426. The van der Waals surface area contributed by atoms with Gasteiger partial charge in [-0.15, -0.1) is 0 Å². The van der Waals surface area contributed by atoms with Crippen molar-refractivity contribution in [1.82, 2.24) is 4.90 Å². The molecule has 1 atom stereocenters. The van der Waals surface area contributed by atoms with Crippen LogP contribution in [0.25, 0.3) is 49.9 Å². The molecule has 4 nitrogen and oxygen atoms in total. The number of nitrogens with one attached hydrogen (secondary N) is 1. The quantitative estimate of drug-likeness (QED) is 0.177. The standard InChI is InChI=1S/C47H33N3O/c48-30-33-11-9-18-38(27-33)44-29-43(35-14-5-2-6-15-35)50(44)31-32-21-23-39(24-22-32)49-46-40(25-26-42-41-19-7-8-20-45(41)51-47(42)46)37-17-10-16-36(28-37)34-12-3-1-4-13-34/h1-29,43,49H,31H2. The van der Waals surface area contributed by atoms with E-state index in [0.29, 0.717) is 5.56 Å². The minimum Gasteiger partial charge on any atom is -0.454 e. The molecule has 0 radical (unpaired) electrons. The first-order chi connectivity index (χ1) is 25.2.